The number of hydrogen-bond acceptors (Lipinski definition) is 10. The first kappa shape index (κ1) is 40.1. The van der Waals surface area contributed by atoms with E-state index < -0.39 is 35.2 Å². The van der Waals surface area contributed by atoms with Gasteiger partial charge < -0.3 is 19.4 Å². The van der Waals surface area contributed by atoms with Crippen molar-refractivity contribution in [1.29, 1.82) is 0 Å². The summed E-state index contributed by atoms with van der Waals surface area (Å²) in [6.07, 6.45) is 5.95. The highest BCUT2D eigenvalue weighted by molar-refractivity contribution is 7.80. The minimum atomic E-state index is -0.998. The molecule has 1 aliphatic carbocycles. The number of anilines is 2. The quantitative estimate of drug-likeness (QED) is 0.151. The Bertz CT molecular complexity index is 2280. The Morgan fingerprint density at radius 1 is 0.983 bits per heavy atom. The molecule has 3 aromatic rings. The Morgan fingerprint density at radius 3 is 2.39 bits per heavy atom. The molecule has 0 radical (unpaired) electrons. The van der Waals surface area contributed by atoms with Crippen molar-refractivity contribution >= 4 is 64.1 Å². The van der Waals surface area contributed by atoms with Crippen LogP contribution in [-0.4, -0.2) is 104 Å². The van der Waals surface area contributed by atoms with Crippen LogP contribution in [0.3, 0.4) is 0 Å². The van der Waals surface area contributed by atoms with E-state index in [0.717, 1.165) is 73.7 Å². The fourth-order valence-electron chi connectivity index (χ4n) is 8.97. The summed E-state index contributed by atoms with van der Waals surface area (Å²) >= 11 is 5.85. The van der Waals surface area contributed by atoms with Crippen molar-refractivity contribution < 1.29 is 28.7 Å². The van der Waals surface area contributed by atoms with Crippen molar-refractivity contribution in [1.82, 2.24) is 25.0 Å². The number of thiocarbonyl (C=S) groups is 1. The van der Waals surface area contributed by atoms with Gasteiger partial charge in [-0.05, 0) is 112 Å². The van der Waals surface area contributed by atoms with Crippen LogP contribution in [0.1, 0.15) is 91.1 Å². The number of aromatic nitrogens is 1. The van der Waals surface area contributed by atoms with E-state index in [-0.39, 0.29) is 36.0 Å². The number of fused-ring (bicyclic) bond motifs is 1. The molecule has 2 aromatic carbocycles. The molecular formula is C44H48N8O6S. The van der Waals surface area contributed by atoms with Crippen molar-refractivity contribution in [2.75, 3.05) is 36.0 Å². The molecule has 5 aliphatic rings. The van der Waals surface area contributed by atoms with E-state index >= 15 is 0 Å². The zero-order valence-corrected chi connectivity index (χ0v) is 34.6. The number of nitrogens with zero attached hydrogens (tertiary/aromatic N) is 7. The second-order valence-electron chi connectivity index (χ2n) is 16.7. The number of pyridine rings is 1. The van der Waals surface area contributed by atoms with Gasteiger partial charge in [0.15, 0.2) is 10.8 Å². The van der Waals surface area contributed by atoms with E-state index in [9.17, 15) is 24.0 Å². The molecule has 8 rings (SSSR count). The van der Waals surface area contributed by atoms with Gasteiger partial charge in [-0.3, -0.25) is 39.1 Å². The zero-order chi connectivity index (χ0) is 41.7. The standard InChI is InChI=1S/C44H48N8O6S/c1-6-48(30-20-32(21-30)58-31-9-10-33-34(22-31)41(56)52(40(33)55)36-12-14-38(53)47-39(36)54)24-27-15-17-49(18-16-27)37-13-7-28(23-46-37)25-50-43(59)51(42(57)44(50,3)4)29-8-11-35(45-5)26(2)19-29/h7-11,13,19,22-23,27,30,32,36H,6,12,14-18,20-21,24-25H2,1-4H3,(H,47,53,54). The molecule has 1 unspecified atom stereocenters. The number of benzene rings is 2. The van der Waals surface area contributed by atoms with Crippen molar-refractivity contribution in [2.45, 2.75) is 96.5 Å². The Kier molecular flexibility index (Phi) is 10.7. The van der Waals surface area contributed by atoms with Crippen LogP contribution >= 0.6 is 12.2 Å². The van der Waals surface area contributed by atoms with Gasteiger partial charge in [0.05, 0.1) is 17.7 Å². The van der Waals surface area contributed by atoms with Crippen molar-refractivity contribution in [3.05, 3.63) is 88.4 Å². The first-order chi connectivity index (χ1) is 28.3. The van der Waals surface area contributed by atoms with Crippen LogP contribution in [0, 0.1) is 19.4 Å². The molecule has 306 valence electrons. The minimum absolute atomic E-state index is 0.000668. The van der Waals surface area contributed by atoms with Crippen LogP contribution in [-0.2, 0) is 20.9 Å². The first-order valence-electron chi connectivity index (χ1n) is 20.4. The van der Waals surface area contributed by atoms with Crippen LogP contribution in [0.2, 0.25) is 0 Å². The minimum Gasteiger partial charge on any atom is -0.490 e. The summed E-state index contributed by atoms with van der Waals surface area (Å²) in [6, 6.07) is 13.8. The Hall–Kier alpha value is -5.72. The van der Waals surface area contributed by atoms with Crippen molar-refractivity contribution in [3.8, 4) is 5.75 Å². The maximum absolute atomic E-state index is 13.6. The highest BCUT2D eigenvalue weighted by atomic mass is 32.1. The molecule has 1 atom stereocenters. The second kappa shape index (κ2) is 15.8. The number of carbonyl (C=O) groups excluding carboxylic acids is 5. The molecule has 0 bridgehead atoms. The van der Waals surface area contributed by atoms with Crippen LogP contribution < -0.4 is 19.9 Å². The Morgan fingerprint density at radius 2 is 1.73 bits per heavy atom. The predicted molar refractivity (Wildman–Crippen MR) is 224 cm³/mol. The van der Waals surface area contributed by atoms with Gasteiger partial charge in [-0.25, -0.2) is 9.83 Å². The largest absolute Gasteiger partial charge is 0.490 e. The number of ether oxygens (including phenoxy) is 1. The molecule has 1 saturated carbocycles. The molecule has 5 heterocycles. The SMILES string of the molecule is [C-]#[N+]c1ccc(N2C(=O)C(C)(C)N(Cc3ccc(N4CCC(CN(CC)C5CC(Oc6ccc7c(c6)C(=O)N(C6CCC(=O)NC6=O)C7=O)C5)CC4)nc3)C2=S)cc1C. The third-order valence-electron chi connectivity index (χ3n) is 12.7. The van der Waals surface area contributed by atoms with Gasteiger partial charge >= 0.3 is 0 Å². The molecule has 1 aromatic heterocycles. The molecule has 14 nitrogen and oxygen atoms in total. The number of amides is 5. The predicted octanol–water partition coefficient (Wildman–Crippen LogP) is 5.40. The van der Waals surface area contributed by atoms with Gasteiger partial charge in [0.1, 0.15) is 29.3 Å². The Labute approximate surface area is 349 Å². The smallest absolute Gasteiger partial charge is 0.262 e. The molecule has 0 spiro atoms. The number of piperidine rings is 2. The van der Waals surface area contributed by atoms with Gasteiger partial charge in [-0.15, -0.1) is 0 Å². The third-order valence-corrected chi connectivity index (χ3v) is 13.1. The fraction of sp³-hybridized carbons (Fsp3) is 0.455. The van der Waals surface area contributed by atoms with Gasteiger partial charge in [0, 0.05) is 63.4 Å². The summed E-state index contributed by atoms with van der Waals surface area (Å²) in [4.78, 5) is 81.7. The summed E-state index contributed by atoms with van der Waals surface area (Å²) in [5, 5.41) is 2.66. The number of nitrogens with one attached hydrogen (secondary N) is 1. The molecule has 4 fully saturated rings. The Balaban J connectivity index is 0.803. The molecule has 4 aliphatic heterocycles. The molecule has 15 heteroatoms. The lowest BCUT2D eigenvalue weighted by Crippen LogP contribution is -2.54. The third kappa shape index (κ3) is 7.44. The number of imide groups is 2. The zero-order valence-electron chi connectivity index (χ0n) is 33.8. The number of carbonyl (C=O) groups is 5. The first-order valence-corrected chi connectivity index (χ1v) is 20.8. The van der Waals surface area contributed by atoms with E-state index in [1.165, 1.54) is 0 Å². The average Bonchev–Trinajstić information content (AvgIpc) is 3.54. The van der Waals surface area contributed by atoms with Crippen LogP contribution in [0.25, 0.3) is 4.85 Å². The second-order valence-corrected chi connectivity index (χ2v) is 17.1. The maximum atomic E-state index is 13.6. The summed E-state index contributed by atoms with van der Waals surface area (Å²) in [5.74, 6) is -0.168. The van der Waals surface area contributed by atoms with Gasteiger partial charge in [0.25, 0.3) is 17.7 Å². The van der Waals surface area contributed by atoms with Crippen LogP contribution in [0.5, 0.6) is 5.75 Å². The molecule has 59 heavy (non-hydrogen) atoms. The molecule has 1 N–H and O–H groups in total. The summed E-state index contributed by atoms with van der Waals surface area (Å²) in [5.41, 5.74) is 2.60. The number of hydrogen-bond donors (Lipinski definition) is 1. The summed E-state index contributed by atoms with van der Waals surface area (Å²) in [7, 11) is 0. The van der Waals surface area contributed by atoms with Gasteiger partial charge in [0.2, 0.25) is 11.8 Å². The van der Waals surface area contributed by atoms with Crippen LogP contribution in [0.4, 0.5) is 17.2 Å². The number of rotatable bonds is 11. The highest BCUT2D eigenvalue weighted by Crippen LogP contribution is 2.37. The van der Waals surface area contributed by atoms with E-state index in [1.807, 2.05) is 37.9 Å². The van der Waals surface area contributed by atoms with E-state index in [0.29, 0.717) is 40.7 Å². The van der Waals surface area contributed by atoms with E-state index in [4.69, 9.17) is 28.5 Å². The lowest BCUT2D eigenvalue weighted by molar-refractivity contribution is -0.136. The lowest BCUT2D eigenvalue weighted by atomic mass is 9.86. The summed E-state index contributed by atoms with van der Waals surface area (Å²) in [6.45, 7) is 19.4. The van der Waals surface area contributed by atoms with Gasteiger partial charge in [-0.1, -0.05) is 19.1 Å². The van der Waals surface area contributed by atoms with Crippen LogP contribution in [0.15, 0.2) is 54.7 Å². The monoisotopic (exact) mass is 816 g/mol. The lowest BCUT2D eigenvalue weighted by Gasteiger charge is -2.44. The summed E-state index contributed by atoms with van der Waals surface area (Å²) < 4.78 is 6.27. The van der Waals surface area contributed by atoms with Crippen molar-refractivity contribution in [3.63, 3.8) is 0 Å². The van der Waals surface area contributed by atoms with Gasteiger partial charge in [-0.2, -0.15) is 0 Å². The normalized spacial score (nSPS) is 23.2. The highest BCUT2D eigenvalue weighted by Gasteiger charge is 2.50. The maximum Gasteiger partial charge on any atom is 0.262 e. The molecule has 5 amide bonds. The average molecular weight is 817 g/mol. The molecular weight excluding hydrogens is 769 g/mol. The number of aryl methyl sites for hydroxylation is 1. The van der Waals surface area contributed by atoms with E-state index in [1.54, 1.807) is 35.2 Å². The topological polar surface area (TPSA) is 140 Å². The van der Waals surface area contributed by atoms with Crippen molar-refractivity contribution in [2.24, 2.45) is 5.92 Å². The van der Waals surface area contributed by atoms with E-state index in [2.05, 4.69) is 39.0 Å². The fourth-order valence-corrected chi connectivity index (χ4v) is 9.45. The molecule has 3 saturated heterocycles.